The van der Waals surface area contributed by atoms with E-state index in [0.717, 1.165) is 6.07 Å². The van der Waals surface area contributed by atoms with Gasteiger partial charge in [0.05, 0.1) is 22.9 Å². The monoisotopic (exact) mass is 298 g/mol. The standard InChI is InChI=1S/C12H11FN2O4S/c13-8-3-7(12(18)19)1-2-9(8)14-10(16)4-15-6-20-5-11(15)17/h1-3H,4-6H2,(H,14,16)(H,18,19). The topological polar surface area (TPSA) is 86.7 Å². The van der Waals surface area contributed by atoms with Gasteiger partial charge in [0.15, 0.2) is 0 Å². The Morgan fingerprint density at radius 1 is 1.45 bits per heavy atom. The van der Waals surface area contributed by atoms with Crippen molar-refractivity contribution in [1.29, 1.82) is 0 Å². The Bertz CT molecular complexity index is 579. The van der Waals surface area contributed by atoms with Crippen LogP contribution in [0.2, 0.25) is 0 Å². The van der Waals surface area contributed by atoms with Crippen molar-refractivity contribution in [1.82, 2.24) is 4.90 Å². The first kappa shape index (κ1) is 14.3. The van der Waals surface area contributed by atoms with Crippen molar-refractivity contribution < 1.29 is 23.9 Å². The fourth-order valence-corrected chi connectivity index (χ4v) is 2.56. The van der Waals surface area contributed by atoms with E-state index in [9.17, 15) is 18.8 Å². The normalized spacial score (nSPS) is 14.4. The Labute approximate surface area is 117 Å². The minimum atomic E-state index is -1.25. The number of anilines is 1. The van der Waals surface area contributed by atoms with Gasteiger partial charge in [-0.25, -0.2) is 9.18 Å². The number of benzene rings is 1. The van der Waals surface area contributed by atoms with E-state index in [2.05, 4.69) is 5.32 Å². The molecule has 1 aromatic carbocycles. The van der Waals surface area contributed by atoms with Crippen LogP contribution in [0, 0.1) is 5.82 Å². The molecule has 2 N–H and O–H groups in total. The second kappa shape index (κ2) is 5.91. The molecule has 1 aliphatic rings. The van der Waals surface area contributed by atoms with Crippen molar-refractivity contribution in [3.05, 3.63) is 29.6 Å². The molecule has 2 amide bonds. The fraction of sp³-hybridized carbons (Fsp3) is 0.250. The maximum Gasteiger partial charge on any atom is 0.335 e. The molecule has 1 saturated heterocycles. The number of hydrogen-bond acceptors (Lipinski definition) is 4. The van der Waals surface area contributed by atoms with Gasteiger partial charge in [-0.3, -0.25) is 9.59 Å². The molecule has 0 aliphatic carbocycles. The molecule has 6 nitrogen and oxygen atoms in total. The highest BCUT2D eigenvalue weighted by Crippen LogP contribution is 2.17. The number of halogens is 1. The van der Waals surface area contributed by atoms with Gasteiger partial charge in [-0.15, -0.1) is 11.8 Å². The fourth-order valence-electron chi connectivity index (χ4n) is 1.65. The molecule has 2 rings (SSSR count). The van der Waals surface area contributed by atoms with Crippen LogP contribution in [-0.2, 0) is 9.59 Å². The number of thioether (sulfide) groups is 1. The summed E-state index contributed by atoms with van der Waals surface area (Å²) in [6, 6.07) is 3.20. The summed E-state index contributed by atoms with van der Waals surface area (Å²) in [6.07, 6.45) is 0. The Kier molecular flexibility index (Phi) is 4.23. The summed E-state index contributed by atoms with van der Waals surface area (Å²) in [4.78, 5) is 35.0. The molecule has 20 heavy (non-hydrogen) atoms. The Balaban J connectivity index is 2.00. The number of carbonyl (C=O) groups is 3. The molecular formula is C12H11FN2O4S. The highest BCUT2D eigenvalue weighted by Gasteiger charge is 2.23. The number of hydrogen-bond donors (Lipinski definition) is 2. The van der Waals surface area contributed by atoms with Crippen molar-refractivity contribution in [2.24, 2.45) is 0 Å². The third-order valence-electron chi connectivity index (χ3n) is 2.65. The van der Waals surface area contributed by atoms with Crippen molar-refractivity contribution >= 4 is 35.2 Å². The van der Waals surface area contributed by atoms with Gasteiger partial charge in [0.1, 0.15) is 12.4 Å². The highest BCUT2D eigenvalue weighted by molar-refractivity contribution is 8.00. The van der Waals surface area contributed by atoms with Crippen LogP contribution >= 0.6 is 11.8 Å². The van der Waals surface area contributed by atoms with E-state index in [1.165, 1.54) is 28.8 Å². The molecule has 0 atom stereocenters. The smallest absolute Gasteiger partial charge is 0.335 e. The van der Waals surface area contributed by atoms with Crippen LogP contribution < -0.4 is 5.32 Å². The van der Waals surface area contributed by atoms with Gasteiger partial charge in [-0.1, -0.05) is 0 Å². The van der Waals surface area contributed by atoms with Crippen molar-refractivity contribution in [2.45, 2.75) is 0 Å². The third kappa shape index (κ3) is 3.27. The summed E-state index contributed by atoms with van der Waals surface area (Å²) in [6.45, 7) is -0.147. The molecule has 1 fully saturated rings. The molecule has 1 aliphatic heterocycles. The molecule has 0 radical (unpaired) electrons. The largest absolute Gasteiger partial charge is 0.478 e. The van der Waals surface area contributed by atoms with Gasteiger partial charge in [-0.2, -0.15) is 0 Å². The Hall–Kier alpha value is -2.09. The highest BCUT2D eigenvalue weighted by atomic mass is 32.2. The zero-order valence-electron chi connectivity index (χ0n) is 10.3. The zero-order valence-corrected chi connectivity index (χ0v) is 11.1. The SMILES string of the molecule is O=C(CN1CSCC1=O)Nc1ccc(C(=O)O)cc1F. The van der Waals surface area contributed by atoms with E-state index >= 15 is 0 Å². The average Bonchev–Trinajstić information content (AvgIpc) is 2.77. The van der Waals surface area contributed by atoms with Crippen LogP contribution in [0.1, 0.15) is 10.4 Å². The lowest BCUT2D eigenvalue weighted by molar-refractivity contribution is -0.130. The maximum absolute atomic E-state index is 13.6. The van der Waals surface area contributed by atoms with Gasteiger partial charge in [0, 0.05) is 0 Å². The molecule has 106 valence electrons. The van der Waals surface area contributed by atoms with E-state index in [1.54, 1.807) is 0 Å². The summed E-state index contributed by atoms with van der Waals surface area (Å²) in [5, 5.41) is 11.0. The molecule has 0 aromatic heterocycles. The van der Waals surface area contributed by atoms with Crippen LogP contribution in [-0.4, -0.2) is 46.0 Å². The van der Waals surface area contributed by atoms with Gasteiger partial charge in [-0.05, 0) is 18.2 Å². The maximum atomic E-state index is 13.6. The van der Waals surface area contributed by atoms with Crippen molar-refractivity contribution in [2.75, 3.05) is 23.5 Å². The summed E-state index contributed by atoms with van der Waals surface area (Å²) in [7, 11) is 0. The summed E-state index contributed by atoms with van der Waals surface area (Å²) < 4.78 is 13.6. The van der Waals surface area contributed by atoms with E-state index in [4.69, 9.17) is 5.11 Å². The lowest BCUT2D eigenvalue weighted by Gasteiger charge is -2.14. The van der Waals surface area contributed by atoms with E-state index in [0.29, 0.717) is 11.6 Å². The minimum Gasteiger partial charge on any atom is -0.478 e. The van der Waals surface area contributed by atoms with Crippen LogP contribution in [0.3, 0.4) is 0 Å². The van der Waals surface area contributed by atoms with Crippen LogP contribution in [0.5, 0.6) is 0 Å². The summed E-state index contributed by atoms with van der Waals surface area (Å²) in [5.41, 5.74) is -0.314. The zero-order chi connectivity index (χ0) is 14.7. The molecule has 8 heteroatoms. The third-order valence-corrected chi connectivity index (χ3v) is 3.60. The summed E-state index contributed by atoms with van der Waals surface area (Å²) in [5.74, 6) is -1.96. The van der Waals surface area contributed by atoms with Crippen molar-refractivity contribution in [3.63, 3.8) is 0 Å². The van der Waals surface area contributed by atoms with Gasteiger partial charge < -0.3 is 15.3 Å². The van der Waals surface area contributed by atoms with Gasteiger partial charge in [0.25, 0.3) is 0 Å². The van der Waals surface area contributed by atoms with Crippen LogP contribution in [0.15, 0.2) is 18.2 Å². The lowest BCUT2D eigenvalue weighted by atomic mass is 10.2. The van der Waals surface area contributed by atoms with E-state index in [-0.39, 0.29) is 23.7 Å². The number of carbonyl (C=O) groups excluding carboxylic acids is 2. The molecule has 1 heterocycles. The molecule has 0 unspecified atom stereocenters. The van der Waals surface area contributed by atoms with E-state index < -0.39 is 17.7 Å². The second-order valence-electron chi connectivity index (χ2n) is 4.12. The average molecular weight is 298 g/mol. The Morgan fingerprint density at radius 3 is 2.75 bits per heavy atom. The number of carboxylic acid groups (broad SMARTS) is 1. The van der Waals surface area contributed by atoms with Crippen molar-refractivity contribution in [3.8, 4) is 0 Å². The quantitative estimate of drug-likeness (QED) is 0.866. The first-order valence-electron chi connectivity index (χ1n) is 5.65. The predicted octanol–water partition coefficient (Wildman–Crippen LogP) is 0.995. The van der Waals surface area contributed by atoms with E-state index in [1.807, 2.05) is 0 Å². The molecule has 0 bridgehead atoms. The van der Waals surface area contributed by atoms with Crippen LogP contribution in [0.25, 0.3) is 0 Å². The molecular weight excluding hydrogens is 287 g/mol. The molecule has 0 saturated carbocycles. The lowest BCUT2D eigenvalue weighted by Crippen LogP contribution is -2.34. The number of nitrogens with one attached hydrogen (secondary N) is 1. The predicted molar refractivity (Wildman–Crippen MR) is 71.0 cm³/mol. The van der Waals surface area contributed by atoms with Gasteiger partial charge >= 0.3 is 5.97 Å². The first-order chi connectivity index (χ1) is 9.47. The van der Waals surface area contributed by atoms with Crippen LogP contribution in [0.4, 0.5) is 10.1 Å². The molecule has 0 spiro atoms. The number of nitrogens with zero attached hydrogens (tertiary/aromatic N) is 1. The second-order valence-corrected chi connectivity index (χ2v) is 5.07. The number of amides is 2. The number of carboxylic acids is 1. The minimum absolute atomic E-state index is 0.112. The summed E-state index contributed by atoms with van der Waals surface area (Å²) >= 11 is 1.40. The number of rotatable bonds is 4. The van der Waals surface area contributed by atoms with Gasteiger partial charge in [0.2, 0.25) is 11.8 Å². The Morgan fingerprint density at radius 2 is 2.20 bits per heavy atom. The number of aromatic carboxylic acids is 1. The molecule has 1 aromatic rings. The first-order valence-corrected chi connectivity index (χ1v) is 6.81.